The van der Waals surface area contributed by atoms with Crippen molar-refractivity contribution in [2.45, 2.75) is 6.54 Å². The molecule has 10 heteroatoms. The molecule has 0 unspecified atom stereocenters. The molecule has 0 bridgehead atoms. The molecule has 1 fully saturated rings. The van der Waals surface area contributed by atoms with Crippen LogP contribution in [0, 0.1) is 15.9 Å². The molecule has 140 valence electrons. The molecule has 1 saturated heterocycles. The normalized spacial score (nSPS) is 14.0. The van der Waals surface area contributed by atoms with Gasteiger partial charge in [0.05, 0.1) is 35.4 Å². The number of nitro groups is 1. The van der Waals surface area contributed by atoms with E-state index in [1.54, 1.807) is 18.2 Å². The lowest BCUT2D eigenvalue weighted by Gasteiger charge is -2.21. The Morgan fingerprint density at radius 3 is 2.70 bits per heavy atom. The van der Waals surface area contributed by atoms with Gasteiger partial charge in [0.25, 0.3) is 11.6 Å². The summed E-state index contributed by atoms with van der Waals surface area (Å²) in [6.07, 6.45) is 0. The maximum atomic E-state index is 13.3. The van der Waals surface area contributed by atoms with Gasteiger partial charge in [-0.3, -0.25) is 19.8 Å². The molecule has 0 aromatic heterocycles. The van der Waals surface area contributed by atoms with E-state index in [-0.39, 0.29) is 35.4 Å². The minimum Gasteiger partial charge on any atom is -0.495 e. The number of carbonyl (C=O) groups excluding carboxylic acids is 1. The van der Waals surface area contributed by atoms with Gasteiger partial charge in [0.2, 0.25) is 0 Å². The molecule has 1 amide bonds. The van der Waals surface area contributed by atoms with Crippen LogP contribution in [0.2, 0.25) is 5.02 Å². The second-order valence-corrected chi connectivity index (χ2v) is 6.49. The molecule has 0 spiro atoms. The molecule has 2 aromatic carbocycles. The van der Waals surface area contributed by atoms with Crippen molar-refractivity contribution in [3.05, 3.63) is 62.9 Å². The number of nitrogens with zero attached hydrogens (tertiary/aromatic N) is 3. The van der Waals surface area contributed by atoms with Crippen LogP contribution in [-0.2, 0) is 11.3 Å². The number of hydrogen-bond acceptors (Lipinski definition) is 5. The van der Waals surface area contributed by atoms with Crippen LogP contribution < -0.4 is 9.64 Å². The average Bonchev–Trinajstić information content (AvgIpc) is 2.89. The largest absolute Gasteiger partial charge is 0.495 e. The van der Waals surface area contributed by atoms with Gasteiger partial charge in [0.15, 0.2) is 5.11 Å². The maximum Gasteiger partial charge on any atom is 0.277 e. The molecule has 0 atom stereocenters. The minimum absolute atomic E-state index is 0.00154. The molecule has 0 saturated carbocycles. The van der Waals surface area contributed by atoms with E-state index in [9.17, 15) is 19.3 Å². The first-order valence-corrected chi connectivity index (χ1v) is 8.48. The quantitative estimate of drug-likeness (QED) is 0.427. The summed E-state index contributed by atoms with van der Waals surface area (Å²) in [7, 11) is 1.48. The topological polar surface area (TPSA) is 75.9 Å². The highest BCUT2D eigenvalue weighted by atomic mass is 35.5. The van der Waals surface area contributed by atoms with E-state index in [0.717, 1.165) is 12.1 Å². The maximum absolute atomic E-state index is 13.3. The first-order valence-electron chi connectivity index (χ1n) is 7.70. The van der Waals surface area contributed by atoms with Crippen molar-refractivity contribution in [1.29, 1.82) is 0 Å². The Morgan fingerprint density at radius 2 is 2.07 bits per heavy atom. The van der Waals surface area contributed by atoms with Gasteiger partial charge in [0.1, 0.15) is 18.1 Å². The number of nitro benzene ring substituents is 1. The fourth-order valence-electron chi connectivity index (χ4n) is 2.77. The first kappa shape index (κ1) is 19.0. The second-order valence-electron chi connectivity index (χ2n) is 5.72. The number of methoxy groups -OCH3 is 1. The number of anilines is 1. The summed E-state index contributed by atoms with van der Waals surface area (Å²) in [5.41, 5.74) is 0.356. The molecule has 1 aliphatic heterocycles. The van der Waals surface area contributed by atoms with Gasteiger partial charge in [-0.05, 0) is 42.5 Å². The Balaban J connectivity index is 1.87. The zero-order valence-corrected chi connectivity index (χ0v) is 15.6. The van der Waals surface area contributed by atoms with Gasteiger partial charge in [-0.25, -0.2) is 4.39 Å². The van der Waals surface area contributed by atoms with Crippen molar-refractivity contribution in [3.8, 4) is 5.75 Å². The van der Waals surface area contributed by atoms with Gasteiger partial charge >= 0.3 is 0 Å². The van der Waals surface area contributed by atoms with Crippen molar-refractivity contribution < 1.29 is 18.8 Å². The van der Waals surface area contributed by atoms with E-state index in [0.29, 0.717) is 16.5 Å². The van der Waals surface area contributed by atoms with E-state index >= 15 is 0 Å². The molecule has 3 rings (SSSR count). The summed E-state index contributed by atoms with van der Waals surface area (Å²) in [6.45, 7) is -0.0570. The van der Waals surface area contributed by atoms with E-state index in [2.05, 4.69) is 0 Å². The standard InChI is InChI=1S/C17H13ClFN3O4S/c1-26-15-5-4-12(7-13(15)18)21-16(23)9-20(17(21)27)8-10-2-3-11(19)6-14(10)22(24)25/h2-7H,8-9H2,1H3. The van der Waals surface area contributed by atoms with Crippen molar-refractivity contribution in [1.82, 2.24) is 4.90 Å². The monoisotopic (exact) mass is 409 g/mol. The summed E-state index contributed by atoms with van der Waals surface area (Å²) >= 11 is 11.5. The summed E-state index contributed by atoms with van der Waals surface area (Å²) < 4.78 is 18.4. The van der Waals surface area contributed by atoms with Crippen LogP contribution in [0.1, 0.15) is 5.56 Å². The average molecular weight is 410 g/mol. The fourth-order valence-corrected chi connectivity index (χ4v) is 3.36. The number of thiocarbonyl (C=S) groups is 1. The molecule has 2 aromatic rings. The number of carbonyl (C=O) groups is 1. The fraction of sp³-hybridized carbons (Fsp3) is 0.176. The molecule has 1 aliphatic rings. The van der Waals surface area contributed by atoms with Crippen molar-refractivity contribution in [2.75, 3.05) is 18.6 Å². The molecule has 1 heterocycles. The highest BCUT2D eigenvalue weighted by Crippen LogP contribution is 2.32. The zero-order chi connectivity index (χ0) is 19.7. The van der Waals surface area contributed by atoms with Crippen LogP contribution in [0.4, 0.5) is 15.8 Å². The Labute approximate surface area is 164 Å². The van der Waals surface area contributed by atoms with Gasteiger partial charge in [-0.2, -0.15) is 0 Å². The Morgan fingerprint density at radius 1 is 1.33 bits per heavy atom. The molecule has 27 heavy (non-hydrogen) atoms. The van der Waals surface area contributed by atoms with Gasteiger partial charge in [-0.1, -0.05) is 11.6 Å². The molecular weight excluding hydrogens is 397 g/mol. The van der Waals surface area contributed by atoms with E-state index in [1.165, 1.54) is 23.0 Å². The molecule has 7 nitrogen and oxygen atoms in total. The van der Waals surface area contributed by atoms with Crippen molar-refractivity contribution in [2.24, 2.45) is 0 Å². The molecule has 0 aliphatic carbocycles. The summed E-state index contributed by atoms with van der Waals surface area (Å²) in [6, 6.07) is 8.09. The summed E-state index contributed by atoms with van der Waals surface area (Å²) in [5, 5.41) is 11.7. The van der Waals surface area contributed by atoms with Crippen molar-refractivity contribution >= 4 is 46.2 Å². The lowest BCUT2D eigenvalue weighted by Crippen LogP contribution is -2.32. The lowest BCUT2D eigenvalue weighted by molar-refractivity contribution is -0.385. The summed E-state index contributed by atoms with van der Waals surface area (Å²) in [5.74, 6) is -0.553. The molecule has 0 radical (unpaired) electrons. The van der Waals surface area contributed by atoms with Crippen molar-refractivity contribution in [3.63, 3.8) is 0 Å². The molecular formula is C17H13ClFN3O4S. The number of amides is 1. The highest BCUT2D eigenvalue weighted by molar-refractivity contribution is 7.80. The van der Waals surface area contributed by atoms with Crippen LogP contribution in [0.15, 0.2) is 36.4 Å². The summed E-state index contributed by atoms with van der Waals surface area (Å²) in [4.78, 5) is 25.8. The Hall–Kier alpha value is -2.78. The zero-order valence-electron chi connectivity index (χ0n) is 14.0. The number of benzene rings is 2. The SMILES string of the molecule is COc1ccc(N2C(=O)CN(Cc3ccc(F)cc3[N+](=O)[O-])C2=S)cc1Cl. The van der Waals surface area contributed by atoms with Crippen LogP contribution in [0.3, 0.4) is 0 Å². The van der Waals surface area contributed by atoms with E-state index < -0.39 is 10.7 Å². The van der Waals surface area contributed by atoms with E-state index in [1.807, 2.05) is 0 Å². The Kier molecular flexibility index (Phi) is 5.24. The number of rotatable bonds is 5. The third-order valence-corrected chi connectivity index (χ3v) is 4.77. The van der Waals surface area contributed by atoms with Crippen LogP contribution in [0.25, 0.3) is 0 Å². The number of hydrogen-bond donors (Lipinski definition) is 0. The third kappa shape index (κ3) is 3.69. The molecule has 0 N–H and O–H groups in total. The number of halogens is 2. The lowest BCUT2D eigenvalue weighted by atomic mass is 10.1. The first-order chi connectivity index (χ1) is 12.8. The highest BCUT2D eigenvalue weighted by Gasteiger charge is 2.35. The van der Waals surface area contributed by atoms with Crippen LogP contribution in [-0.4, -0.2) is 34.5 Å². The Bertz CT molecular complexity index is 956. The van der Waals surface area contributed by atoms with Gasteiger partial charge in [-0.15, -0.1) is 0 Å². The van der Waals surface area contributed by atoms with E-state index in [4.69, 9.17) is 28.6 Å². The second kappa shape index (κ2) is 7.45. The third-order valence-electron chi connectivity index (χ3n) is 4.04. The van der Waals surface area contributed by atoms with Crippen LogP contribution in [0.5, 0.6) is 5.75 Å². The van der Waals surface area contributed by atoms with Gasteiger partial charge in [0, 0.05) is 5.56 Å². The number of ether oxygens (including phenoxy) is 1. The van der Waals surface area contributed by atoms with Gasteiger partial charge < -0.3 is 9.64 Å². The smallest absolute Gasteiger partial charge is 0.277 e. The predicted octanol–water partition coefficient (Wildman–Crippen LogP) is 3.53. The predicted molar refractivity (Wildman–Crippen MR) is 102 cm³/mol. The van der Waals surface area contributed by atoms with Crippen LogP contribution >= 0.6 is 23.8 Å². The minimum atomic E-state index is -0.708.